The van der Waals surface area contributed by atoms with Crippen LogP contribution in [0.25, 0.3) is 0 Å². The summed E-state index contributed by atoms with van der Waals surface area (Å²) in [6.45, 7) is 0. The Labute approximate surface area is 100.0 Å². The molecule has 1 amide bonds. The second-order valence-electron chi connectivity index (χ2n) is 4.11. The van der Waals surface area contributed by atoms with E-state index in [4.69, 9.17) is 0 Å². The Morgan fingerprint density at radius 1 is 1.35 bits per heavy atom. The number of rotatable bonds is 1. The molecule has 0 heterocycles. The van der Waals surface area contributed by atoms with Crippen molar-refractivity contribution in [1.82, 2.24) is 5.32 Å². The van der Waals surface area contributed by atoms with E-state index in [0.29, 0.717) is 0 Å². The van der Waals surface area contributed by atoms with E-state index in [0.717, 1.165) is 24.8 Å². The maximum Gasteiger partial charge on any atom is 0.396 e. The largest absolute Gasteiger partial charge is 0.462 e. The van der Waals surface area contributed by atoms with Crippen LogP contribution in [0.1, 0.15) is 30.0 Å². The standard InChI is InChI=1S/C13H15NO3/c1-17-13(16)12(15)14-11-8-4-6-9-5-2-3-7-10(9)11/h2-3,5,7,11H,4,6,8H2,1H3,(H,14,15). The van der Waals surface area contributed by atoms with Crippen molar-refractivity contribution in [3.63, 3.8) is 0 Å². The van der Waals surface area contributed by atoms with Crippen LogP contribution < -0.4 is 5.32 Å². The SMILES string of the molecule is COC(=O)C(=O)NC1CCCc2ccccc21. The van der Waals surface area contributed by atoms with E-state index in [2.05, 4.69) is 16.1 Å². The first-order valence-electron chi connectivity index (χ1n) is 5.69. The van der Waals surface area contributed by atoms with E-state index in [1.54, 1.807) is 0 Å². The Kier molecular flexibility index (Phi) is 3.42. The molecule has 1 unspecified atom stereocenters. The lowest BCUT2D eigenvalue weighted by Gasteiger charge is -2.25. The molecular weight excluding hydrogens is 218 g/mol. The smallest absolute Gasteiger partial charge is 0.396 e. The van der Waals surface area contributed by atoms with Crippen molar-refractivity contribution in [3.8, 4) is 0 Å². The highest BCUT2D eigenvalue weighted by atomic mass is 16.5. The van der Waals surface area contributed by atoms with Gasteiger partial charge < -0.3 is 10.1 Å². The summed E-state index contributed by atoms with van der Waals surface area (Å²) in [4.78, 5) is 22.5. The summed E-state index contributed by atoms with van der Waals surface area (Å²) in [5.41, 5.74) is 2.35. The van der Waals surface area contributed by atoms with Crippen LogP contribution in [0.3, 0.4) is 0 Å². The number of benzene rings is 1. The average Bonchev–Trinajstić information content (AvgIpc) is 2.38. The van der Waals surface area contributed by atoms with Crippen LogP contribution in [0.4, 0.5) is 0 Å². The Hall–Kier alpha value is -1.84. The number of amides is 1. The van der Waals surface area contributed by atoms with Crippen molar-refractivity contribution in [2.24, 2.45) is 0 Å². The summed E-state index contributed by atoms with van der Waals surface area (Å²) in [6, 6.07) is 7.92. The highest BCUT2D eigenvalue weighted by molar-refractivity contribution is 6.32. The summed E-state index contributed by atoms with van der Waals surface area (Å²) in [6.07, 6.45) is 2.91. The maximum atomic E-state index is 11.5. The van der Waals surface area contributed by atoms with Crippen molar-refractivity contribution in [3.05, 3.63) is 35.4 Å². The molecule has 2 rings (SSSR count). The molecule has 0 spiro atoms. The minimum absolute atomic E-state index is 0.0773. The minimum Gasteiger partial charge on any atom is -0.462 e. The lowest BCUT2D eigenvalue weighted by molar-refractivity contribution is -0.153. The molecule has 1 aromatic carbocycles. The van der Waals surface area contributed by atoms with Crippen LogP contribution in [0.15, 0.2) is 24.3 Å². The molecule has 0 bridgehead atoms. The normalized spacial score (nSPS) is 18.1. The predicted octanol–water partition coefficient (Wildman–Crippen LogP) is 1.35. The van der Waals surface area contributed by atoms with Crippen LogP contribution in [-0.4, -0.2) is 19.0 Å². The second-order valence-corrected chi connectivity index (χ2v) is 4.11. The third-order valence-electron chi connectivity index (χ3n) is 3.05. The summed E-state index contributed by atoms with van der Waals surface area (Å²) < 4.78 is 4.39. The number of fused-ring (bicyclic) bond motifs is 1. The third kappa shape index (κ3) is 2.46. The highest BCUT2D eigenvalue weighted by Gasteiger charge is 2.24. The number of methoxy groups -OCH3 is 1. The van der Waals surface area contributed by atoms with Crippen molar-refractivity contribution < 1.29 is 14.3 Å². The first-order chi connectivity index (χ1) is 8.22. The van der Waals surface area contributed by atoms with Gasteiger partial charge >= 0.3 is 11.9 Å². The molecule has 1 atom stereocenters. The number of nitrogens with one attached hydrogen (secondary N) is 1. The zero-order valence-electron chi connectivity index (χ0n) is 9.73. The van der Waals surface area contributed by atoms with Crippen LogP contribution in [0.2, 0.25) is 0 Å². The van der Waals surface area contributed by atoms with Gasteiger partial charge in [-0.3, -0.25) is 4.79 Å². The molecule has 1 aromatic rings. The highest BCUT2D eigenvalue weighted by Crippen LogP contribution is 2.29. The number of carbonyl (C=O) groups is 2. The van der Waals surface area contributed by atoms with Crippen molar-refractivity contribution >= 4 is 11.9 Å². The zero-order valence-corrected chi connectivity index (χ0v) is 9.73. The number of hydrogen-bond acceptors (Lipinski definition) is 3. The summed E-state index contributed by atoms with van der Waals surface area (Å²) >= 11 is 0. The molecular formula is C13H15NO3. The lowest BCUT2D eigenvalue weighted by Crippen LogP contribution is -2.36. The molecule has 1 N–H and O–H groups in total. The van der Waals surface area contributed by atoms with E-state index in [9.17, 15) is 9.59 Å². The second kappa shape index (κ2) is 4.99. The molecule has 1 aliphatic rings. The van der Waals surface area contributed by atoms with Gasteiger partial charge in [-0.25, -0.2) is 4.79 Å². The summed E-state index contributed by atoms with van der Waals surface area (Å²) in [7, 11) is 1.21. The van der Waals surface area contributed by atoms with Crippen molar-refractivity contribution in [1.29, 1.82) is 0 Å². The molecule has 17 heavy (non-hydrogen) atoms. The van der Waals surface area contributed by atoms with Gasteiger partial charge in [0.1, 0.15) is 0 Å². The first-order valence-corrected chi connectivity index (χ1v) is 5.69. The van der Waals surface area contributed by atoms with Crippen LogP contribution in [0.5, 0.6) is 0 Å². The van der Waals surface area contributed by atoms with E-state index < -0.39 is 11.9 Å². The Balaban J connectivity index is 2.14. The third-order valence-corrected chi connectivity index (χ3v) is 3.05. The molecule has 0 saturated heterocycles. The fourth-order valence-corrected chi connectivity index (χ4v) is 2.21. The first kappa shape index (κ1) is 11.6. The molecule has 4 nitrogen and oxygen atoms in total. The molecule has 0 aliphatic heterocycles. The molecule has 90 valence electrons. The van der Waals surface area contributed by atoms with E-state index in [1.165, 1.54) is 12.7 Å². The number of ether oxygens (including phenoxy) is 1. The Morgan fingerprint density at radius 3 is 2.88 bits per heavy atom. The Bertz CT molecular complexity index is 442. The quantitative estimate of drug-likeness (QED) is 0.588. The van der Waals surface area contributed by atoms with Gasteiger partial charge in [0.2, 0.25) is 0 Å². The van der Waals surface area contributed by atoms with E-state index in [1.807, 2.05) is 18.2 Å². The van der Waals surface area contributed by atoms with Gasteiger partial charge in [-0.05, 0) is 30.4 Å². The average molecular weight is 233 g/mol. The van der Waals surface area contributed by atoms with E-state index in [-0.39, 0.29) is 6.04 Å². The van der Waals surface area contributed by atoms with Crippen LogP contribution >= 0.6 is 0 Å². The van der Waals surface area contributed by atoms with Crippen molar-refractivity contribution in [2.75, 3.05) is 7.11 Å². The van der Waals surface area contributed by atoms with Crippen LogP contribution in [0, 0.1) is 0 Å². The van der Waals surface area contributed by atoms with Crippen molar-refractivity contribution in [2.45, 2.75) is 25.3 Å². The maximum absolute atomic E-state index is 11.5. The predicted molar refractivity (Wildman–Crippen MR) is 62.3 cm³/mol. The molecule has 0 aromatic heterocycles. The summed E-state index contributed by atoms with van der Waals surface area (Å²) in [5, 5.41) is 2.71. The number of hydrogen-bond donors (Lipinski definition) is 1. The van der Waals surface area contributed by atoms with Crippen LogP contribution in [-0.2, 0) is 20.7 Å². The fourth-order valence-electron chi connectivity index (χ4n) is 2.21. The lowest BCUT2D eigenvalue weighted by atomic mass is 9.88. The molecule has 0 fully saturated rings. The topological polar surface area (TPSA) is 55.4 Å². The molecule has 0 radical (unpaired) electrons. The number of aryl methyl sites for hydroxylation is 1. The van der Waals surface area contributed by atoms with Gasteiger partial charge in [0.05, 0.1) is 13.2 Å². The van der Waals surface area contributed by atoms with Gasteiger partial charge in [-0.2, -0.15) is 0 Å². The zero-order chi connectivity index (χ0) is 12.3. The van der Waals surface area contributed by atoms with Gasteiger partial charge in [0.25, 0.3) is 0 Å². The molecule has 4 heteroatoms. The molecule has 0 saturated carbocycles. The fraction of sp³-hybridized carbons (Fsp3) is 0.385. The summed E-state index contributed by atoms with van der Waals surface area (Å²) in [5.74, 6) is -1.51. The number of esters is 1. The number of carbonyl (C=O) groups excluding carboxylic acids is 2. The monoisotopic (exact) mass is 233 g/mol. The molecule has 1 aliphatic carbocycles. The minimum atomic E-state index is -0.840. The van der Waals surface area contributed by atoms with Gasteiger partial charge in [0, 0.05) is 0 Å². The Morgan fingerprint density at radius 2 is 2.12 bits per heavy atom. The van der Waals surface area contributed by atoms with Gasteiger partial charge in [0.15, 0.2) is 0 Å². The van der Waals surface area contributed by atoms with E-state index >= 15 is 0 Å². The van der Waals surface area contributed by atoms with Gasteiger partial charge in [-0.15, -0.1) is 0 Å². The van der Waals surface area contributed by atoms with Gasteiger partial charge in [-0.1, -0.05) is 24.3 Å².